The SMILES string of the molecule is Cc1cnc(C(C)NS(=O)(=O)c2cnn(CC(=O)O)c2)o1. The molecule has 9 nitrogen and oxygen atoms in total. The van der Waals surface area contributed by atoms with E-state index in [0.29, 0.717) is 5.76 Å². The van der Waals surface area contributed by atoms with Crippen molar-refractivity contribution in [3.63, 3.8) is 0 Å². The van der Waals surface area contributed by atoms with Crippen LogP contribution in [0.4, 0.5) is 0 Å². The molecular weight excluding hydrogens is 300 g/mol. The van der Waals surface area contributed by atoms with E-state index in [1.54, 1.807) is 13.8 Å². The summed E-state index contributed by atoms with van der Waals surface area (Å²) < 4.78 is 32.9. The van der Waals surface area contributed by atoms with Gasteiger partial charge in [-0.05, 0) is 13.8 Å². The lowest BCUT2D eigenvalue weighted by Crippen LogP contribution is -2.26. The van der Waals surface area contributed by atoms with Gasteiger partial charge < -0.3 is 9.52 Å². The van der Waals surface area contributed by atoms with E-state index in [2.05, 4.69) is 14.8 Å². The van der Waals surface area contributed by atoms with Crippen molar-refractivity contribution < 1.29 is 22.7 Å². The summed E-state index contributed by atoms with van der Waals surface area (Å²) >= 11 is 0. The lowest BCUT2D eigenvalue weighted by Gasteiger charge is -2.09. The van der Waals surface area contributed by atoms with Crippen molar-refractivity contribution in [1.29, 1.82) is 0 Å². The van der Waals surface area contributed by atoms with Crippen LogP contribution >= 0.6 is 0 Å². The van der Waals surface area contributed by atoms with Gasteiger partial charge in [-0.2, -0.15) is 9.82 Å². The lowest BCUT2D eigenvalue weighted by molar-refractivity contribution is -0.137. The summed E-state index contributed by atoms with van der Waals surface area (Å²) in [5.74, 6) is -0.294. The number of hydrogen-bond acceptors (Lipinski definition) is 6. The zero-order valence-corrected chi connectivity index (χ0v) is 12.2. The van der Waals surface area contributed by atoms with Crippen molar-refractivity contribution in [2.45, 2.75) is 31.3 Å². The first-order valence-corrected chi connectivity index (χ1v) is 7.45. The molecule has 0 aliphatic rings. The minimum absolute atomic E-state index is 0.126. The first-order valence-electron chi connectivity index (χ1n) is 5.97. The standard InChI is InChI=1S/C11H14N4O5S/c1-7-3-12-11(20-7)8(2)14-21(18,19)9-4-13-15(5-9)6-10(16)17/h3-5,8,14H,6H2,1-2H3,(H,16,17). The fourth-order valence-electron chi connectivity index (χ4n) is 1.63. The first-order chi connectivity index (χ1) is 9.78. The number of sulfonamides is 1. The zero-order valence-electron chi connectivity index (χ0n) is 11.3. The summed E-state index contributed by atoms with van der Waals surface area (Å²) in [5, 5.41) is 12.3. The average molecular weight is 314 g/mol. The predicted molar refractivity (Wildman–Crippen MR) is 69.8 cm³/mol. The molecular formula is C11H14N4O5S. The molecule has 0 saturated carbocycles. The van der Waals surface area contributed by atoms with Gasteiger partial charge in [0.1, 0.15) is 17.2 Å². The molecule has 2 aromatic rings. The molecule has 0 aromatic carbocycles. The van der Waals surface area contributed by atoms with Crippen LogP contribution in [-0.4, -0.2) is 34.3 Å². The van der Waals surface area contributed by atoms with E-state index in [1.807, 2.05) is 0 Å². The molecule has 1 atom stereocenters. The van der Waals surface area contributed by atoms with Gasteiger partial charge in [0.2, 0.25) is 15.9 Å². The van der Waals surface area contributed by atoms with E-state index in [9.17, 15) is 13.2 Å². The van der Waals surface area contributed by atoms with Gasteiger partial charge in [-0.25, -0.2) is 13.4 Å². The summed E-state index contributed by atoms with van der Waals surface area (Å²) in [5.41, 5.74) is 0. The molecule has 2 rings (SSSR count). The van der Waals surface area contributed by atoms with Crippen LogP contribution in [0.2, 0.25) is 0 Å². The summed E-state index contributed by atoms with van der Waals surface area (Å²) in [6, 6.07) is -0.661. The van der Waals surface area contributed by atoms with Crippen LogP contribution in [0.15, 0.2) is 27.9 Å². The molecule has 21 heavy (non-hydrogen) atoms. The van der Waals surface area contributed by atoms with E-state index in [-0.39, 0.29) is 10.8 Å². The summed E-state index contributed by atoms with van der Waals surface area (Å²) in [6.45, 7) is 2.88. The molecule has 0 radical (unpaired) electrons. The molecule has 0 saturated heterocycles. The number of aromatic nitrogens is 3. The van der Waals surface area contributed by atoms with Gasteiger partial charge in [-0.15, -0.1) is 0 Å². The first kappa shape index (κ1) is 15.2. The monoisotopic (exact) mass is 314 g/mol. The Balaban J connectivity index is 2.14. The van der Waals surface area contributed by atoms with Crippen LogP contribution in [0.5, 0.6) is 0 Å². The summed E-state index contributed by atoms with van der Waals surface area (Å²) in [6.07, 6.45) is 3.72. The van der Waals surface area contributed by atoms with Crippen LogP contribution < -0.4 is 4.72 Å². The third kappa shape index (κ3) is 3.67. The molecule has 0 bridgehead atoms. The number of carbonyl (C=O) groups is 1. The maximum Gasteiger partial charge on any atom is 0.325 e. The largest absolute Gasteiger partial charge is 0.480 e. The van der Waals surface area contributed by atoms with Gasteiger partial charge >= 0.3 is 5.97 Å². The fourth-order valence-corrected chi connectivity index (χ4v) is 2.78. The number of aryl methyl sites for hydroxylation is 1. The Kier molecular flexibility index (Phi) is 4.09. The Bertz CT molecular complexity index is 748. The Labute approximate surface area is 120 Å². The highest BCUT2D eigenvalue weighted by Gasteiger charge is 2.22. The number of rotatable bonds is 6. The van der Waals surface area contributed by atoms with Crippen molar-refractivity contribution in [2.24, 2.45) is 0 Å². The Morgan fingerprint density at radius 2 is 2.24 bits per heavy atom. The highest BCUT2D eigenvalue weighted by Crippen LogP contribution is 2.16. The van der Waals surface area contributed by atoms with Crippen LogP contribution in [-0.2, 0) is 21.4 Å². The summed E-state index contributed by atoms with van der Waals surface area (Å²) in [4.78, 5) is 14.4. The molecule has 10 heteroatoms. The Hall–Kier alpha value is -2.20. The highest BCUT2D eigenvalue weighted by molar-refractivity contribution is 7.89. The number of nitrogens with zero attached hydrogens (tertiary/aromatic N) is 3. The third-order valence-electron chi connectivity index (χ3n) is 2.56. The number of carboxylic acid groups (broad SMARTS) is 1. The quantitative estimate of drug-likeness (QED) is 0.785. The second-order valence-electron chi connectivity index (χ2n) is 4.42. The van der Waals surface area contributed by atoms with E-state index in [0.717, 1.165) is 17.1 Å². The number of oxazole rings is 1. The maximum absolute atomic E-state index is 12.1. The van der Waals surface area contributed by atoms with E-state index < -0.39 is 28.6 Å². The molecule has 2 N–H and O–H groups in total. The molecule has 0 spiro atoms. The molecule has 114 valence electrons. The molecule has 1 unspecified atom stereocenters. The smallest absolute Gasteiger partial charge is 0.325 e. The topological polar surface area (TPSA) is 127 Å². The van der Waals surface area contributed by atoms with Crippen LogP contribution in [0.3, 0.4) is 0 Å². The second kappa shape index (κ2) is 5.66. The van der Waals surface area contributed by atoms with E-state index in [1.165, 1.54) is 6.20 Å². The second-order valence-corrected chi connectivity index (χ2v) is 6.13. The van der Waals surface area contributed by atoms with Crippen LogP contribution in [0.25, 0.3) is 0 Å². The summed E-state index contributed by atoms with van der Waals surface area (Å²) in [7, 11) is -3.84. The lowest BCUT2D eigenvalue weighted by atomic mass is 10.4. The average Bonchev–Trinajstić information content (AvgIpc) is 2.97. The maximum atomic E-state index is 12.1. The fraction of sp³-hybridized carbons (Fsp3) is 0.364. The van der Waals surface area contributed by atoms with E-state index >= 15 is 0 Å². The molecule has 0 fully saturated rings. The minimum Gasteiger partial charge on any atom is -0.480 e. The number of hydrogen-bond donors (Lipinski definition) is 2. The number of aliphatic carboxylic acids is 1. The number of carboxylic acids is 1. The van der Waals surface area contributed by atoms with Gasteiger partial charge in [-0.1, -0.05) is 0 Å². The Morgan fingerprint density at radius 3 is 2.81 bits per heavy atom. The van der Waals surface area contributed by atoms with Gasteiger partial charge in [0.25, 0.3) is 0 Å². The minimum atomic E-state index is -3.84. The predicted octanol–water partition coefficient (Wildman–Crippen LogP) is 0.304. The molecule has 2 heterocycles. The van der Waals surface area contributed by atoms with Crippen molar-refractivity contribution in [3.05, 3.63) is 30.2 Å². The van der Waals surface area contributed by atoms with E-state index in [4.69, 9.17) is 9.52 Å². The molecule has 2 aromatic heterocycles. The third-order valence-corrected chi connectivity index (χ3v) is 4.05. The van der Waals surface area contributed by atoms with Crippen LogP contribution in [0.1, 0.15) is 24.6 Å². The Morgan fingerprint density at radius 1 is 1.52 bits per heavy atom. The van der Waals surface area contributed by atoms with Crippen LogP contribution in [0, 0.1) is 6.92 Å². The van der Waals surface area contributed by atoms with Gasteiger partial charge in [0.15, 0.2) is 0 Å². The molecule has 0 aliphatic heterocycles. The molecule has 0 aliphatic carbocycles. The normalized spacial score (nSPS) is 13.2. The highest BCUT2D eigenvalue weighted by atomic mass is 32.2. The van der Waals surface area contributed by atoms with Gasteiger partial charge in [0, 0.05) is 6.20 Å². The number of nitrogens with one attached hydrogen (secondary N) is 1. The zero-order chi connectivity index (χ0) is 15.6. The van der Waals surface area contributed by atoms with Gasteiger partial charge in [-0.3, -0.25) is 9.48 Å². The van der Waals surface area contributed by atoms with Crippen molar-refractivity contribution >= 4 is 16.0 Å². The van der Waals surface area contributed by atoms with Crippen molar-refractivity contribution in [2.75, 3.05) is 0 Å². The molecule has 0 amide bonds. The van der Waals surface area contributed by atoms with Gasteiger partial charge in [0.05, 0.1) is 18.4 Å². The van der Waals surface area contributed by atoms with Crippen molar-refractivity contribution in [3.8, 4) is 0 Å². The van der Waals surface area contributed by atoms with Crippen molar-refractivity contribution in [1.82, 2.24) is 19.5 Å².